The van der Waals surface area contributed by atoms with Crippen molar-refractivity contribution in [1.82, 2.24) is 0 Å². The van der Waals surface area contributed by atoms with Crippen LogP contribution in [-0.4, -0.2) is 37.5 Å². The lowest BCUT2D eigenvalue weighted by Crippen LogP contribution is -2.23. The molecule has 0 saturated heterocycles. The van der Waals surface area contributed by atoms with Crippen LogP contribution in [0.25, 0.3) is 5.76 Å². The Morgan fingerprint density at radius 2 is 1.54 bits per heavy atom. The van der Waals surface area contributed by atoms with Crippen LogP contribution >= 0.6 is 0 Å². The molecule has 0 amide bonds. The van der Waals surface area contributed by atoms with Gasteiger partial charge in [-0.15, -0.1) is 0 Å². The van der Waals surface area contributed by atoms with Crippen molar-refractivity contribution in [3.05, 3.63) is 100 Å². The molecule has 0 fully saturated rings. The molecule has 6 rings (SSSR count). The summed E-state index contributed by atoms with van der Waals surface area (Å²) in [5.41, 5.74) is 4.19. The maximum Gasteiger partial charge on any atom is 0.234 e. The SMILES string of the molecule is CC(C)=CCC1=C(O)c2ccccc2C(=O)C1=O.COc1ccc2c(c1)OC1c3ccc(OC)cc3OCC21. The standard InChI is InChI=1S/C17H16O4.C15H14O3/c1-18-10-4-6-13-15(7-10)20-9-14-12-5-3-11(19-2)8-16(12)21-17(13)14;1-9(2)7-8-12-13(16)10-5-3-4-6-11(10)14(17)15(12)18/h3-8,14,17H,9H2,1-2H3;3-7,16H,8H2,1-2H3. The maximum atomic E-state index is 11.9. The fourth-order valence-corrected chi connectivity index (χ4v) is 4.98. The van der Waals surface area contributed by atoms with Gasteiger partial charge >= 0.3 is 0 Å². The first-order chi connectivity index (χ1) is 18.8. The first-order valence-electron chi connectivity index (χ1n) is 12.7. The van der Waals surface area contributed by atoms with Crippen LogP contribution in [0.15, 0.2) is 77.9 Å². The van der Waals surface area contributed by atoms with Gasteiger partial charge in [0.2, 0.25) is 11.6 Å². The van der Waals surface area contributed by atoms with E-state index in [-0.39, 0.29) is 35.3 Å². The van der Waals surface area contributed by atoms with Crippen molar-refractivity contribution in [3.8, 4) is 23.0 Å². The Kier molecular flexibility index (Phi) is 7.15. The lowest BCUT2D eigenvalue weighted by Gasteiger charge is -2.28. The van der Waals surface area contributed by atoms with Gasteiger partial charge in [-0.3, -0.25) is 9.59 Å². The average Bonchev–Trinajstić information content (AvgIpc) is 3.34. The Balaban J connectivity index is 0.000000160. The van der Waals surface area contributed by atoms with Gasteiger partial charge < -0.3 is 24.1 Å². The van der Waals surface area contributed by atoms with Crippen LogP contribution in [0, 0.1) is 0 Å². The average molecular weight is 527 g/mol. The number of aliphatic hydroxyl groups is 1. The molecule has 200 valence electrons. The number of rotatable bonds is 4. The van der Waals surface area contributed by atoms with Crippen molar-refractivity contribution < 1.29 is 33.6 Å². The van der Waals surface area contributed by atoms with Crippen LogP contribution < -0.4 is 18.9 Å². The number of allylic oxidation sites excluding steroid dienone is 3. The van der Waals surface area contributed by atoms with E-state index in [1.165, 1.54) is 5.56 Å². The van der Waals surface area contributed by atoms with E-state index in [1.807, 2.05) is 50.3 Å². The number of ketones is 2. The van der Waals surface area contributed by atoms with Crippen molar-refractivity contribution in [2.75, 3.05) is 20.8 Å². The van der Waals surface area contributed by atoms with E-state index >= 15 is 0 Å². The highest BCUT2D eigenvalue weighted by molar-refractivity contribution is 6.52. The lowest BCUT2D eigenvalue weighted by molar-refractivity contribution is -0.112. The minimum Gasteiger partial charge on any atom is -0.507 e. The largest absolute Gasteiger partial charge is 0.507 e. The van der Waals surface area contributed by atoms with Gasteiger partial charge in [0, 0.05) is 40.0 Å². The number of Topliss-reactive ketones (excluding diaryl/α,β-unsaturated/α-hetero) is 2. The maximum absolute atomic E-state index is 11.9. The predicted octanol–water partition coefficient (Wildman–Crippen LogP) is 6.39. The van der Waals surface area contributed by atoms with Gasteiger partial charge in [-0.25, -0.2) is 0 Å². The number of fused-ring (bicyclic) bond motifs is 6. The van der Waals surface area contributed by atoms with Gasteiger partial charge in [-0.2, -0.15) is 0 Å². The van der Waals surface area contributed by atoms with E-state index in [0.29, 0.717) is 12.2 Å². The van der Waals surface area contributed by atoms with E-state index in [9.17, 15) is 14.7 Å². The molecular weight excluding hydrogens is 496 g/mol. The zero-order valence-corrected chi connectivity index (χ0v) is 22.3. The van der Waals surface area contributed by atoms with Crippen LogP contribution in [0.3, 0.4) is 0 Å². The van der Waals surface area contributed by atoms with Crippen LogP contribution in [0.5, 0.6) is 23.0 Å². The smallest absolute Gasteiger partial charge is 0.234 e. The molecule has 0 radical (unpaired) electrons. The highest BCUT2D eigenvalue weighted by atomic mass is 16.5. The summed E-state index contributed by atoms with van der Waals surface area (Å²) in [6.45, 7) is 4.42. The molecule has 7 nitrogen and oxygen atoms in total. The van der Waals surface area contributed by atoms with E-state index in [0.717, 1.165) is 34.1 Å². The second-order valence-electron chi connectivity index (χ2n) is 9.78. The third-order valence-electron chi connectivity index (χ3n) is 7.09. The van der Waals surface area contributed by atoms with Crippen molar-refractivity contribution in [2.24, 2.45) is 0 Å². The van der Waals surface area contributed by atoms with Crippen molar-refractivity contribution in [2.45, 2.75) is 32.3 Å². The van der Waals surface area contributed by atoms with Crippen molar-refractivity contribution in [1.29, 1.82) is 0 Å². The molecule has 0 bridgehead atoms. The number of benzene rings is 3. The quantitative estimate of drug-likeness (QED) is 0.311. The molecule has 1 N–H and O–H groups in total. The molecule has 39 heavy (non-hydrogen) atoms. The minimum atomic E-state index is -0.608. The third kappa shape index (κ3) is 4.88. The summed E-state index contributed by atoms with van der Waals surface area (Å²) in [6.07, 6.45) is 2.11. The minimum absolute atomic E-state index is 0.00163. The zero-order chi connectivity index (χ0) is 27.7. The first kappa shape index (κ1) is 26.1. The zero-order valence-electron chi connectivity index (χ0n) is 22.3. The normalized spacial score (nSPS) is 18.3. The summed E-state index contributed by atoms with van der Waals surface area (Å²) < 4.78 is 22.6. The van der Waals surface area contributed by atoms with Crippen LogP contribution in [0.2, 0.25) is 0 Å². The van der Waals surface area contributed by atoms with E-state index in [4.69, 9.17) is 18.9 Å². The summed E-state index contributed by atoms with van der Waals surface area (Å²) >= 11 is 0. The lowest BCUT2D eigenvalue weighted by atomic mass is 9.87. The molecule has 0 aromatic heterocycles. The molecule has 2 unspecified atom stereocenters. The van der Waals surface area contributed by atoms with Crippen molar-refractivity contribution >= 4 is 17.3 Å². The number of hydrogen-bond donors (Lipinski definition) is 1. The Morgan fingerprint density at radius 1 is 0.897 bits per heavy atom. The molecule has 2 atom stereocenters. The van der Waals surface area contributed by atoms with Gasteiger partial charge in [0.1, 0.15) is 34.9 Å². The Bertz CT molecular complexity index is 1510. The summed E-state index contributed by atoms with van der Waals surface area (Å²) in [4.78, 5) is 23.8. The second-order valence-corrected chi connectivity index (χ2v) is 9.78. The Labute approximate surface area is 227 Å². The summed E-state index contributed by atoms with van der Waals surface area (Å²) in [5, 5.41) is 10.1. The Hall–Kier alpha value is -4.52. The Morgan fingerprint density at radius 3 is 2.21 bits per heavy atom. The number of methoxy groups -OCH3 is 2. The molecule has 2 aliphatic heterocycles. The predicted molar refractivity (Wildman–Crippen MR) is 147 cm³/mol. The van der Waals surface area contributed by atoms with Crippen LogP contribution in [0.1, 0.15) is 59.3 Å². The molecule has 3 aliphatic rings. The molecule has 0 spiro atoms. The second kappa shape index (κ2) is 10.7. The number of aliphatic hydroxyl groups excluding tert-OH is 1. The first-order valence-corrected chi connectivity index (χ1v) is 12.7. The number of ether oxygens (including phenoxy) is 4. The van der Waals surface area contributed by atoms with Gasteiger partial charge in [0.25, 0.3) is 0 Å². The molecule has 7 heteroatoms. The molecular formula is C32H30O7. The monoisotopic (exact) mass is 526 g/mol. The van der Waals surface area contributed by atoms with E-state index in [2.05, 4.69) is 6.07 Å². The highest BCUT2D eigenvalue weighted by Gasteiger charge is 2.41. The number of hydrogen-bond acceptors (Lipinski definition) is 7. The van der Waals surface area contributed by atoms with E-state index < -0.39 is 11.6 Å². The van der Waals surface area contributed by atoms with Gasteiger partial charge in [0.05, 0.1) is 26.7 Å². The topological polar surface area (TPSA) is 91.3 Å². The molecule has 3 aromatic carbocycles. The van der Waals surface area contributed by atoms with Gasteiger partial charge in [-0.1, -0.05) is 42.0 Å². The number of carbonyl (C=O) groups is 2. The highest BCUT2D eigenvalue weighted by Crippen LogP contribution is 2.52. The fraction of sp³-hybridized carbons (Fsp3) is 0.250. The van der Waals surface area contributed by atoms with Crippen LogP contribution in [0.4, 0.5) is 0 Å². The van der Waals surface area contributed by atoms with Gasteiger partial charge in [-0.05, 0) is 38.5 Å². The van der Waals surface area contributed by atoms with Crippen molar-refractivity contribution in [3.63, 3.8) is 0 Å². The fourth-order valence-electron chi connectivity index (χ4n) is 4.98. The van der Waals surface area contributed by atoms with Crippen LogP contribution in [-0.2, 0) is 4.79 Å². The summed E-state index contributed by atoms with van der Waals surface area (Å²) in [6, 6.07) is 18.5. The molecule has 2 heterocycles. The summed E-state index contributed by atoms with van der Waals surface area (Å²) in [5.74, 6) is 2.34. The van der Waals surface area contributed by atoms with E-state index in [1.54, 1.807) is 38.5 Å². The van der Waals surface area contributed by atoms with Gasteiger partial charge in [0.15, 0.2) is 0 Å². The molecule has 0 saturated carbocycles. The summed E-state index contributed by atoms with van der Waals surface area (Å²) in [7, 11) is 3.32. The molecule has 1 aliphatic carbocycles. The number of carbonyl (C=O) groups excluding carboxylic acids is 2. The molecule has 3 aromatic rings. The third-order valence-corrected chi connectivity index (χ3v) is 7.09.